The van der Waals surface area contributed by atoms with E-state index in [1.165, 1.54) is 25.7 Å². The number of nitrogens with zero attached hydrogens (tertiary/aromatic N) is 1. The zero-order valence-electron chi connectivity index (χ0n) is 13.1. The number of phenols is 1. The summed E-state index contributed by atoms with van der Waals surface area (Å²) in [6.07, 6.45) is 5.16. The number of ether oxygens (including phenoxy) is 1. The first kappa shape index (κ1) is 15.2. The molecule has 1 aromatic rings. The van der Waals surface area contributed by atoms with Gasteiger partial charge in [0.25, 0.3) is 0 Å². The van der Waals surface area contributed by atoms with E-state index >= 15 is 0 Å². The minimum Gasteiger partial charge on any atom is -0.507 e. The molecule has 3 nitrogen and oxygen atoms in total. The van der Waals surface area contributed by atoms with E-state index < -0.39 is 0 Å². The van der Waals surface area contributed by atoms with Crippen LogP contribution in [0, 0.1) is 5.92 Å². The molecule has 3 heteroatoms. The molecule has 1 aliphatic rings. The van der Waals surface area contributed by atoms with Gasteiger partial charge in [0.1, 0.15) is 11.5 Å². The van der Waals surface area contributed by atoms with Crippen molar-refractivity contribution in [1.82, 2.24) is 4.90 Å². The minimum atomic E-state index is 0.222. The SMILES string of the molecule is COc1ccc(C(C)N(C)C2CCC(C)CC2)c(O)c1. The van der Waals surface area contributed by atoms with Crippen molar-refractivity contribution in [2.75, 3.05) is 14.2 Å². The Labute approximate surface area is 122 Å². The van der Waals surface area contributed by atoms with Crippen LogP contribution in [0.15, 0.2) is 18.2 Å². The molecule has 0 aromatic heterocycles. The van der Waals surface area contributed by atoms with Gasteiger partial charge in [-0.25, -0.2) is 0 Å². The van der Waals surface area contributed by atoms with Crippen LogP contribution >= 0.6 is 0 Å². The number of hydrogen-bond donors (Lipinski definition) is 1. The molecular weight excluding hydrogens is 250 g/mol. The molecule has 0 radical (unpaired) electrons. The van der Waals surface area contributed by atoms with E-state index in [1.807, 2.05) is 12.1 Å². The molecule has 112 valence electrons. The van der Waals surface area contributed by atoms with Crippen molar-refractivity contribution < 1.29 is 9.84 Å². The highest BCUT2D eigenvalue weighted by molar-refractivity contribution is 5.41. The fourth-order valence-electron chi connectivity index (χ4n) is 3.19. The van der Waals surface area contributed by atoms with Gasteiger partial charge in [-0.1, -0.05) is 13.0 Å². The summed E-state index contributed by atoms with van der Waals surface area (Å²) in [6, 6.07) is 6.44. The summed E-state index contributed by atoms with van der Waals surface area (Å²) >= 11 is 0. The van der Waals surface area contributed by atoms with Crippen molar-refractivity contribution in [3.8, 4) is 11.5 Å². The Kier molecular flexibility index (Phi) is 4.92. The molecule has 0 amide bonds. The van der Waals surface area contributed by atoms with E-state index in [0.29, 0.717) is 17.5 Å². The topological polar surface area (TPSA) is 32.7 Å². The predicted octanol–water partition coefficient (Wildman–Crippen LogP) is 3.97. The predicted molar refractivity (Wildman–Crippen MR) is 82.3 cm³/mol. The molecule has 0 spiro atoms. The molecule has 20 heavy (non-hydrogen) atoms. The second kappa shape index (κ2) is 6.49. The Bertz CT molecular complexity index is 439. The lowest BCUT2D eigenvalue weighted by atomic mass is 9.86. The number of aromatic hydroxyl groups is 1. The lowest BCUT2D eigenvalue weighted by Gasteiger charge is -2.37. The summed E-state index contributed by atoms with van der Waals surface area (Å²) in [5, 5.41) is 10.2. The number of methoxy groups -OCH3 is 1. The van der Waals surface area contributed by atoms with Crippen molar-refractivity contribution in [1.29, 1.82) is 0 Å². The highest BCUT2D eigenvalue weighted by Crippen LogP contribution is 2.35. The molecule has 0 saturated heterocycles. The monoisotopic (exact) mass is 277 g/mol. The summed E-state index contributed by atoms with van der Waals surface area (Å²) in [7, 11) is 3.79. The van der Waals surface area contributed by atoms with Gasteiger partial charge in [0.05, 0.1) is 7.11 Å². The Morgan fingerprint density at radius 1 is 1.25 bits per heavy atom. The second-order valence-corrected chi connectivity index (χ2v) is 6.18. The van der Waals surface area contributed by atoms with Crippen molar-refractivity contribution >= 4 is 0 Å². The van der Waals surface area contributed by atoms with E-state index in [4.69, 9.17) is 4.74 Å². The lowest BCUT2D eigenvalue weighted by Crippen LogP contribution is -2.36. The fraction of sp³-hybridized carbons (Fsp3) is 0.647. The third-order valence-electron chi connectivity index (χ3n) is 4.86. The quantitative estimate of drug-likeness (QED) is 0.903. The van der Waals surface area contributed by atoms with E-state index in [-0.39, 0.29) is 6.04 Å². The zero-order valence-corrected chi connectivity index (χ0v) is 13.1. The van der Waals surface area contributed by atoms with Gasteiger partial charge in [0.15, 0.2) is 0 Å². The van der Waals surface area contributed by atoms with Crippen LogP contribution in [0.25, 0.3) is 0 Å². The average Bonchev–Trinajstić information content (AvgIpc) is 2.46. The summed E-state index contributed by atoms with van der Waals surface area (Å²) < 4.78 is 5.14. The van der Waals surface area contributed by atoms with Gasteiger partial charge in [-0.2, -0.15) is 0 Å². The third-order valence-corrected chi connectivity index (χ3v) is 4.86. The normalized spacial score (nSPS) is 24.6. The standard InChI is InChI=1S/C17H27NO2/c1-12-5-7-14(8-6-12)18(3)13(2)16-10-9-15(20-4)11-17(16)19/h9-14,19H,5-8H2,1-4H3. The van der Waals surface area contributed by atoms with Crippen molar-refractivity contribution in [2.45, 2.75) is 51.6 Å². The number of rotatable bonds is 4. The molecule has 1 saturated carbocycles. The van der Waals surface area contributed by atoms with E-state index in [1.54, 1.807) is 13.2 Å². The molecule has 0 bridgehead atoms. The molecule has 1 fully saturated rings. The van der Waals surface area contributed by atoms with Crippen molar-refractivity contribution in [3.63, 3.8) is 0 Å². The summed E-state index contributed by atoms with van der Waals surface area (Å²) in [5.41, 5.74) is 0.979. The number of benzene rings is 1. The van der Waals surface area contributed by atoms with Crippen LogP contribution in [-0.4, -0.2) is 30.2 Å². The maximum absolute atomic E-state index is 10.2. The molecular formula is C17H27NO2. The molecule has 0 aliphatic heterocycles. The van der Waals surface area contributed by atoms with Crippen LogP contribution in [0.1, 0.15) is 51.1 Å². The first-order valence-corrected chi connectivity index (χ1v) is 7.61. The Hall–Kier alpha value is -1.22. The van der Waals surface area contributed by atoms with Crippen LogP contribution in [0.5, 0.6) is 11.5 Å². The van der Waals surface area contributed by atoms with Crippen LogP contribution in [0.4, 0.5) is 0 Å². The molecule has 0 heterocycles. The minimum absolute atomic E-state index is 0.222. The van der Waals surface area contributed by atoms with Gasteiger partial charge in [0.2, 0.25) is 0 Å². The smallest absolute Gasteiger partial charge is 0.124 e. The van der Waals surface area contributed by atoms with Crippen LogP contribution < -0.4 is 4.74 Å². The fourth-order valence-corrected chi connectivity index (χ4v) is 3.19. The Morgan fingerprint density at radius 2 is 1.90 bits per heavy atom. The second-order valence-electron chi connectivity index (χ2n) is 6.18. The van der Waals surface area contributed by atoms with Gasteiger partial charge in [-0.15, -0.1) is 0 Å². The van der Waals surface area contributed by atoms with Gasteiger partial charge < -0.3 is 9.84 Å². The van der Waals surface area contributed by atoms with Gasteiger partial charge in [-0.05, 0) is 51.6 Å². The third kappa shape index (κ3) is 3.26. The first-order valence-electron chi connectivity index (χ1n) is 7.61. The summed E-state index contributed by atoms with van der Waals surface area (Å²) in [5.74, 6) is 1.89. The molecule has 1 atom stereocenters. The summed E-state index contributed by atoms with van der Waals surface area (Å²) in [4.78, 5) is 2.41. The Morgan fingerprint density at radius 3 is 2.45 bits per heavy atom. The first-order chi connectivity index (χ1) is 9.52. The van der Waals surface area contributed by atoms with Crippen LogP contribution in [-0.2, 0) is 0 Å². The maximum atomic E-state index is 10.2. The number of hydrogen-bond acceptors (Lipinski definition) is 3. The van der Waals surface area contributed by atoms with Crippen LogP contribution in [0.3, 0.4) is 0 Å². The lowest BCUT2D eigenvalue weighted by molar-refractivity contribution is 0.130. The highest BCUT2D eigenvalue weighted by Gasteiger charge is 2.26. The highest BCUT2D eigenvalue weighted by atomic mass is 16.5. The Balaban J connectivity index is 2.08. The van der Waals surface area contributed by atoms with E-state index in [2.05, 4.69) is 25.8 Å². The summed E-state index contributed by atoms with van der Waals surface area (Å²) in [6.45, 7) is 4.51. The molecule has 1 N–H and O–H groups in total. The van der Waals surface area contributed by atoms with Crippen molar-refractivity contribution in [3.05, 3.63) is 23.8 Å². The van der Waals surface area contributed by atoms with E-state index in [0.717, 1.165) is 11.5 Å². The molecule has 1 aliphatic carbocycles. The molecule has 1 unspecified atom stereocenters. The van der Waals surface area contributed by atoms with Crippen LogP contribution in [0.2, 0.25) is 0 Å². The van der Waals surface area contributed by atoms with Gasteiger partial charge in [-0.3, -0.25) is 4.90 Å². The largest absolute Gasteiger partial charge is 0.507 e. The average molecular weight is 277 g/mol. The zero-order chi connectivity index (χ0) is 14.7. The molecule has 2 rings (SSSR count). The molecule has 1 aromatic carbocycles. The van der Waals surface area contributed by atoms with Crippen molar-refractivity contribution in [2.24, 2.45) is 5.92 Å². The van der Waals surface area contributed by atoms with E-state index in [9.17, 15) is 5.11 Å². The van der Waals surface area contributed by atoms with Gasteiger partial charge in [0, 0.05) is 23.7 Å². The maximum Gasteiger partial charge on any atom is 0.124 e. The van der Waals surface area contributed by atoms with Gasteiger partial charge >= 0.3 is 0 Å². The number of phenolic OH excluding ortho intramolecular Hbond substituents is 1.